The summed E-state index contributed by atoms with van der Waals surface area (Å²) >= 11 is 0. The van der Waals surface area contributed by atoms with Crippen LogP contribution in [0.1, 0.15) is 22.3 Å². The number of hydrogen-bond donors (Lipinski definition) is 2. The van der Waals surface area contributed by atoms with Crippen molar-refractivity contribution < 1.29 is 40.2 Å². The zero-order valence-corrected chi connectivity index (χ0v) is 17.4. The molecule has 3 rings (SSSR count). The Kier molecular flexibility index (Phi) is 7.32. The standard InChI is InChI=1S/C24H19F8NO/c25-19-8-6-16(7-9-19)22(13-15-4-2-1-3-5-15,33-14-21(34)24(30,31)32)17-10-18(23(27,28)29)12-20(26)11-17/h1-12,21,33-34H,13-14H2/t21-,22-/m1/s1. The molecule has 34 heavy (non-hydrogen) atoms. The van der Waals surface area contributed by atoms with Crippen LogP contribution in [0.3, 0.4) is 0 Å². The molecule has 0 saturated carbocycles. The zero-order chi connectivity index (χ0) is 25.1. The van der Waals surface area contributed by atoms with Gasteiger partial charge in [-0.1, -0.05) is 42.5 Å². The number of halogens is 8. The van der Waals surface area contributed by atoms with Crippen molar-refractivity contribution in [1.29, 1.82) is 0 Å². The Hall–Kier alpha value is -2.98. The molecule has 3 aromatic rings. The summed E-state index contributed by atoms with van der Waals surface area (Å²) in [4.78, 5) is 0. The van der Waals surface area contributed by atoms with E-state index in [1.165, 1.54) is 12.1 Å². The van der Waals surface area contributed by atoms with Crippen molar-refractivity contribution in [3.8, 4) is 0 Å². The highest BCUT2D eigenvalue weighted by Crippen LogP contribution is 2.38. The molecule has 0 radical (unpaired) electrons. The molecule has 0 fully saturated rings. The van der Waals surface area contributed by atoms with E-state index in [1.807, 2.05) is 0 Å². The monoisotopic (exact) mass is 489 g/mol. The predicted molar refractivity (Wildman–Crippen MR) is 109 cm³/mol. The van der Waals surface area contributed by atoms with E-state index in [0.29, 0.717) is 11.6 Å². The Morgan fingerprint density at radius 2 is 1.29 bits per heavy atom. The average Bonchev–Trinajstić information content (AvgIpc) is 2.76. The van der Waals surface area contributed by atoms with Gasteiger partial charge >= 0.3 is 12.4 Å². The van der Waals surface area contributed by atoms with Gasteiger partial charge in [-0.3, -0.25) is 0 Å². The predicted octanol–water partition coefficient (Wildman–Crippen LogP) is 5.98. The zero-order valence-electron chi connectivity index (χ0n) is 17.4. The summed E-state index contributed by atoms with van der Waals surface area (Å²) in [5, 5.41) is 12.1. The fourth-order valence-corrected chi connectivity index (χ4v) is 3.66. The smallest absolute Gasteiger partial charge is 0.382 e. The van der Waals surface area contributed by atoms with E-state index in [2.05, 4.69) is 5.32 Å². The third-order valence-electron chi connectivity index (χ3n) is 5.34. The summed E-state index contributed by atoms with van der Waals surface area (Å²) in [6.45, 7) is -1.12. The maximum atomic E-state index is 14.4. The average molecular weight is 489 g/mol. The highest BCUT2D eigenvalue weighted by atomic mass is 19.4. The molecule has 2 nitrogen and oxygen atoms in total. The van der Waals surface area contributed by atoms with Crippen LogP contribution in [0.15, 0.2) is 72.8 Å². The molecule has 0 aliphatic heterocycles. The van der Waals surface area contributed by atoms with Crippen molar-refractivity contribution >= 4 is 0 Å². The Morgan fingerprint density at radius 1 is 0.706 bits per heavy atom. The summed E-state index contributed by atoms with van der Waals surface area (Å²) in [5.74, 6) is -1.95. The molecule has 0 amide bonds. The number of benzene rings is 3. The molecule has 2 N–H and O–H groups in total. The molecule has 0 saturated heterocycles. The number of hydrogen-bond acceptors (Lipinski definition) is 2. The molecule has 0 heterocycles. The SMILES string of the molecule is O[C@H](CN[C@](Cc1ccccc1)(c1ccc(F)cc1)c1cc(F)cc(C(F)(F)F)c1)C(F)(F)F. The summed E-state index contributed by atoms with van der Waals surface area (Å²) < 4.78 is 108. The normalized spacial score (nSPS) is 15.1. The summed E-state index contributed by atoms with van der Waals surface area (Å²) in [6.07, 6.45) is -13.1. The molecule has 0 bridgehead atoms. The molecule has 2 atom stereocenters. The van der Waals surface area contributed by atoms with Gasteiger partial charge in [0.2, 0.25) is 0 Å². The van der Waals surface area contributed by atoms with Crippen LogP contribution >= 0.6 is 0 Å². The van der Waals surface area contributed by atoms with Gasteiger partial charge in [0.25, 0.3) is 0 Å². The van der Waals surface area contributed by atoms with Gasteiger partial charge in [-0.25, -0.2) is 8.78 Å². The van der Waals surface area contributed by atoms with Gasteiger partial charge in [0, 0.05) is 6.54 Å². The maximum absolute atomic E-state index is 14.4. The van der Waals surface area contributed by atoms with Crippen LogP contribution in [0.5, 0.6) is 0 Å². The van der Waals surface area contributed by atoms with Crippen LogP contribution in [0.25, 0.3) is 0 Å². The highest BCUT2D eigenvalue weighted by molar-refractivity contribution is 5.43. The minimum Gasteiger partial charge on any atom is -0.382 e. The van der Waals surface area contributed by atoms with Crippen molar-refractivity contribution in [3.05, 3.63) is 107 Å². The third kappa shape index (κ3) is 5.92. The summed E-state index contributed by atoms with van der Waals surface area (Å²) in [5.41, 5.74) is -3.02. The Balaban J connectivity index is 2.26. The lowest BCUT2D eigenvalue weighted by Crippen LogP contribution is -2.51. The van der Waals surface area contributed by atoms with Crippen LogP contribution in [0.4, 0.5) is 35.1 Å². The number of alkyl halides is 6. The largest absolute Gasteiger partial charge is 0.416 e. The second-order valence-corrected chi connectivity index (χ2v) is 7.74. The van der Waals surface area contributed by atoms with Gasteiger partial charge in [-0.05, 0) is 53.4 Å². The molecular weight excluding hydrogens is 470 g/mol. The quantitative estimate of drug-likeness (QED) is 0.400. The van der Waals surface area contributed by atoms with Gasteiger partial charge in [-0.2, -0.15) is 26.3 Å². The van der Waals surface area contributed by atoms with E-state index in [9.17, 15) is 40.2 Å². The molecule has 182 valence electrons. The molecule has 3 aromatic carbocycles. The number of nitrogens with one attached hydrogen (secondary N) is 1. The topological polar surface area (TPSA) is 32.3 Å². The molecule has 10 heteroatoms. The van der Waals surface area contributed by atoms with Crippen LogP contribution < -0.4 is 5.32 Å². The molecule has 0 spiro atoms. The molecule has 0 aliphatic carbocycles. The molecule has 0 unspecified atom stereocenters. The first-order valence-electron chi connectivity index (χ1n) is 9.99. The third-order valence-corrected chi connectivity index (χ3v) is 5.34. The van der Waals surface area contributed by atoms with E-state index < -0.39 is 47.7 Å². The van der Waals surface area contributed by atoms with Gasteiger partial charge in [0.1, 0.15) is 11.6 Å². The van der Waals surface area contributed by atoms with Gasteiger partial charge < -0.3 is 10.4 Å². The first kappa shape index (κ1) is 25.6. The van der Waals surface area contributed by atoms with E-state index in [0.717, 1.165) is 18.2 Å². The van der Waals surface area contributed by atoms with Crippen molar-refractivity contribution in [1.82, 2.24) is 5.32 Å². The van der Waals surface area contributed by atoms with E-state index >= 15 is 0 Å². The molecular formula is C24H19F8NO. The van der Waals surface area contributed by atoms with Crippen molar-refractivity contribution in [2.24, 2.45) is 0 Å². The first-order valence-corrected chi connectivity index (χ1v) is 9.99. The van der Waals surface area contributed by atoms with E-state index in [4.69, 9.17) is 0 Å². The van der Waals surface area contributed by atoms with Crippen molar-refractivity contribution in [2.75, 3.05) is 6.54 Å². The first-order chi connectivity index (χ1) is 15.8. The second-order valence-electron chi connectivity index (χ2n) is 7.74. The van der Waals surface area contributed by atoms with Crippen LogP contribution in [0.2, 0.25) is 0 Å². The minimum atomic E-state index is -5.02. The van der Waals surface area contributed by atoms with Crippen LogP contribution in [0, 0.1) is 11.6 Å². The summed E-state index contributed by atoms with van der Waals surface area (Å²) in [7, 11) is 0. The number of rotatable bonds is 7. The van der Waals surface area contributed by atoms with Gasteiger partial charge in [0.05, 0.1) is 11.1 Å². The molecule has 0 aliphatic rings. The van der Waals surface area contributed by atoms with E-state index in [1.54, 1.807) is 30.3 Å². The minimum absolute atomic E-state index is 0.0749. The highest BCUT2D eigenvalue weighted by Gasteiger charge is 2.43. The Labute approximate surface area is 189 Å². The second kappa shape index (κ2) is 9.71. The van der Waals surface area contributed by atoms with Gasteiger partial charge in [0.15, 0.2) is 6.10 Å². The van der Waals surface area contributed by atoms with Crippen molar-refractivity contribution in [3.63, 3.8) is 0 Å². The van der Waals surface area contributed by atoms with Crippen LogP contribution in [-0.4, -0.2) is 23.9 Å². The Morgan fingerprint density at radius 3 is 1.85 bits per heavy atom. The lowest BCUT2D eigenvalue weighted by Gasteiger charge is -2.38. The fourth-order valence-electron chi connectivity index (χ4n) is 3.66. The lowest BCUT2D eigenvalue weighted by molar-refractivity contribution is -0.202. The van der Waals surface area contributed by atoms with Gasteiger partial charge in [-0.15, -0.1) is 0 Å². The van der Waals surface area contributed by atoms with Crippen LogP contribution in [-0.2, 0) is 18.1 Å². The summed E-state index contributed by atoms with van der Waals surface area (Å²) in [6, 6.07) is 14.1. The number of aliphatic hydroxyl groups excluding tert-OH is 1. The molecule has 0 aromatic heterocycles. The maximum Gasteiger partial charge on any atom is 0.416 e. The lowest BCUT2D eigenvalue weighted by atomic mass is 9.77. The Bertz CT molecular complexity index is 1100. The fraction of sp³-hybridized carbons (Fsp3) is 0.250. The van der Waals surface area contributed by atoms with E-state index in [-0.39, 0.29) is 23.6 Å². The number of aliphatic hydroxyl groups is 1. The van der Waals surface area contributed by atoms with Crippen molar-refractivity contribution in [2.45, 2.75) is 30.4 Å².